The van der Waals surface area contributed by atoms with Crippen molar-refractivity contribution in [1.29, 1.82) is 0 Å². The van der Waals surface area contributed by atoms with E-state index in [1.807, 2.05) is 18.4 Å². The van der Waals surface area contributed by atoms with Crippen LogP contribution >= 0.6 is 0 Å². The van der Waals surface area contributed by atoms with Crippen molar-refractivity contribution in [2.45, 2.75) is 44.8 Å². The highest BCUT2D eigenvalue weighted by atomic mass is 32.2. The first-order chi connectivity index (χ1) is 9.98. The van der Waals surface area contributed by atoms with E-state index in [4.69, 9.17) is 0 Å². The quantitative estimate of drug-likeness (QED) is 0.894. The van der Waals surface area contributed by atoms with Gasteiger partial charge in [-0.05, 0) is 45.2 Å². The first kappa shape index (κ1) is 15.0. The number of rotatable bonds is 4. The number of hydrogen-bond donors (Lipinski definition) is 1. The Morgan fingerprint density at radius 3 is 2.76 bits per heavy atom. The van der Waals surface area contributed by atoms with Crippen LogP contribution in [-0.2, 0) is 16.6 Å². The Labute approximate surface area is 126 Å². The number of imidazole rings is 1. The molecule has 0 bridgehead atoms. The summed E-state index contributed by atoms with van der Waals surface area (Å²) in [6, 6.07) is 0.0992. The zero-order chi connectivity index (χ0) is 15.2. The van der Waals surface area contributed by atoms with Gasteiger partial charge in [0.1, 0.15) is 5.82 Å². The highest BCUT2D eigenvalue weighted by molar-refractivity contribution is 7.89. The first-order valence-corrected chi connectivity index (χ1v) is 9.19. The average molecular weight is 312 g/mol. The zero-order valence-electron chi connectivity index (χ0n) is 12.9. The van der Waals surface area contributed by atoms with Gasteiger partial charge >= 0.3 is 0 Å². The summed E-state index contributed by atoms with van der Waals surface area (Å²) in [6.45, 7) is 9.13. The van der Waals surface area contributed by atoms with Crippen LogP contribution in [0.4, 0.5) is 0 Å². The van der Waals surface area contributed by atoms with Gasteiger partial charge in [0, 0.05) is 25.3 Å². The van der Waals surface area contributed by atoms with Gasteiger partial charge in [0.2, 0.25) is 0 Å². The summed E-state index contributed by atoms with van der Waals surface area (Å²) in [7, 11) is -3.48. The molecule has 3 heterocycles. The molecule has 0 radical (unpaired) electrons. The van der Waals surface area contributed by atoms with Gasteiger partial charge in [0.05, 0.1) is 0 Å². The third-order valence-electron chi connectivity index (χ3n) is 4.96. The number of aryl methyl sites for hydroxylation is 2. The molecule has 2 aliphatic rings. The van der Waals surface area contributed by atoms with Crippen molar-refractivity contribution in [3.05, 3.63) is 12.0 Å². The number of fused-ring (bicyclic) bond motifs is 1. The summed E-state index contributed by atoms with van der Waals surface area (Å²) >= 11 is 0. The fourth-order valence-corrected chi connectivity index (χ4v) is 5.61. The summed E-state index contributed by atoms with van der Waals surface area (Å²) in [5.74, 6) is 1.64. The topological polar surface area (TPSA) is 67.2 Å². The lowest BCUT2D eigenvalue weighted by atomic mass is 9.93. The molecule has 2 fully saturated rings. The minimum absolute atomic E-state index is 0.0992. The van der Waals surface area contributed by atoms with Gasteiger partial charge in [-0.15, -0.1) is 0 Å². The lowest BCUT2D eigenvalue weighted by Crippen LogP contribution is -2.39. The Balaban J connectivity index is 1.94. The Kier molecular flexibility index (Phi) is 3.83. The van der Waals surface area contributed by atoms with Crippen molar-refractivity contribution in [2.24, 2.45) is 11.8 Å². The van der Waals surface area contributed by atoms with E-state index in [1.54, 1.807) is 10.5 Å². The zero-order valence-corrected chi connectivity index (χ0v) is 13.7. The first-order valence-electron chi connectivity index (χ1n) is 7.75. The molecule has 1 aromatic heterocycles. The standard InChI is InChI=1S/C14H24N4O2S/c1-4-13-12-7-15-6-11(12)8-18(13)21(19,20)14-9-17(5-2)10(3)16-14/h9,11-13,15H,4-8H2,1-3H3. The van der Waals surface area contributed by atoms with Crippen LogP contribution in [0, 0.1) is 18.8 Å². The molecule has 3 atom stereocenters. The minimum atomic E-state index is -3.48. The summed E-state index contributed by atoms with van der Waals surface area (Å²) in [5, 5.41) is 3.58. The van der Waals surface area contributed by atoms with Gasteiger partial charge in [-0.25, -0.2) is 13.4 Å². The molecule has 0 spiro atoms. The number of nitrogens with zero attached hydrogens (tertiary/aromatic N) is 3. The molecule has 21 heavy (non-hydrogen) atoms. The van der Waals surface area contributed by atoms with Gasteiger partial charge in [-0.2, -0.15) is 4.31 Å². The number of sulfonamides is 1. The second kappa shape index (κ2) is 5.37. The van der Waals surface area contributed by atoms with E-state index in [0.29, 0.717) is 18.4 Å². The van der Waals surface area contributed by atoms with Crippen LogP contribution in [-0.4, -0.2) is 48.0 Å². The van der Waals surface area contributed by atoms with Gasteiger partial charge in [0.25, 0.3) is 10.0 Å². The predicted molar refractivity (Wildman–Crippen MR) is 80.5 cm³/mol. The Bertz CT molecular complexity index is 625. The Morgan fingerprint density at radius 2 is 2.14 bits per heavy atom. The van der Waals surface area contributed by atoms with Crippen molar-refractivity contribution < 1.29 is 8.42 Å². The fraction of sp³-hybridized carbons (Fsp3) is 0.786. The monoisotopic (exact) mass is 312 g/mol. The van der Waals surface area contributed by atoms with E-state index >= 15 is 0 Å². The highest BCUT2D eigenvalue weighted by Gasteiger charge is 2.48. The number of aromatic nitrogens is 2. The van der Waals surface area contributed by atoms with Crippen LogP contribution in [0.5, 0.6) is 0 Å². The van der Waals surface area contributed by atoms with Crippen molar-refractivity contribution in [3.63, 3.8) is 0 Å². The Morgan fingerprint density at radius 1 is 1.38 bits per heavy atom. The van der Waals surface area contributed by atoms with Gasteiger partial charge < -0.3 is 9.88 Å². The molecule has 1 aromatic rings. The largest absolute Gasteiger partial charge is 0.334 e. The van der Waals surface area contributed by atoms with Crippen molar-refractivity contribution in [2.75, 3.05) is 19.6 Å². The lowest BCUT2D eigenvalue weighted by Gasteiger charge is -2.25. The van der Waals surface area contributed by atoms with E-state index in [1.165, 1.54) is 0 Å². The van der Waals surface area contributed by atoms with Crippen LogP contribution in [0.2, 0.25) is 0 Å². The molecule has 7 heteroatoms. The van der Waals surface area contributed by atoms with Crippen molar-refractivity contribution in [1.82, 2.24) is 19.2 Å². The SMILES string of the molecule is CCC1C2CNCC2CN1S(=O)(=O)c1cn(CC)c(C)n1. The molecule has 0 saturated carbocycles. The van der Waals surface area contributed by atoms with E-state index in [2.05, 4.69) is 17.2 Å². The number of nitrogens with one attached hydrogen (secondary N) is 1. The van der Waals surface area contributed by atoms with Crippen molar-refractivity contribution in [3.8, 4) is 0 Å². The van der Waals surface area contributed by atoms with Crippen LogP contribution in [0.25, 0.3) is 0 Å². The molecule has 0 aliphatic carbocycles. The second-order valence-electron chi connectivity index (χ2n) is 6.04. The summed E-state index contributed by atoms with van der Waals surface area (Å²) < 4.78 is 29.5. The lowest BCUT2D eigenvalue weighted by molar-refractivity contribution is 0.328. The van der Waals surface area contributed by atoms with Crippen LogP contribution in [0.15, 0.2) is 11.2 Å². The number of hydrogen-bond acceptors (Lipinski definition) is 4. The smallest absolute Gasteiger partial charge is 0.262 e. The molecular formula is C14H24N4O2S. The molecular weight excluding hydrogens is 288 g/mol. The van der Waals surface area contributed by atoms with Crippen LogP contribution < -0.4 is 5.32 Å². The van der Waals surface area contributed by atoms with E-state index in [0.717, 1.165) is 31.9 Å². The summed E-state index contributed by atoms with van der Waals surface area (Å²) in [5.41, 5.74) is 0. The molecule has 118 valence electrons. The molecule has 3 rings (SSSR count). The Hall–Kier alpha value is -0.920. The summed E-state index contributed by atoms with van der Waals surface area (Å²) in [6.07, 6.45) is 2.53. The molecule has 0 aromatic carbocycles. The average Bonchev–Trinajstić information content (AvgIpc) is 3.11. The fourth-order valence-electron chi connectivity index (χ4n) is 3.81. The van der Waals surface area contributed by atoms with Gasteiger partial charge in [-0.3, -0.25) is 0 Å². The predicted octanol–water partition coefficient (Wildman–Crippen LogP) is 0.830. The molecule has 6 nitrogen and oxygen atoms in total. The van der Waals surface area contributed by atoms with Crippen LogP contribution in [0.3, 0.4) is 0 Å². The molecule has 2 aliphatic heterocycles. The van der Waals surface area contributed by atoms with Crippen molar-refractivity contribution >= 4 is 10.0 Å². The highest BCUT2D eigenvalue weighted by Crippen LogP contribution is 2.37. The maximum Gasteiger partial charge on any atom is 0.262 e. The maximum atomic E-state index is 12.9. The maximum absolute atomic E-state index is 12.9. The molecule has 0 amide bonds. The molecule has 3 unspecified atom stereocenters. The van der Waals surface area contributed by atoms with E-state index < -0.39 is 10.0 Å². The third kappa shape index (κ3) is 2.31. The summed E-state index contributed by atoms with van der Waals surface area (Å²) in [4.78, 5) is 4.28. The minimum Gasteiger partial charge on any atom is -0.334 e. The van der Waals surface area contributed by atoms with Crippen LogP contribution in [0.1, 0.15) is 26.1 Å². The van der Waals surface area contributed by atoms with Gasteiger partial charge in [0.15, 0.2) is 5.03 Å². The van der Waals surface area contributed by atoms with Gasteiger partial charge in [-0.1, -0.05) is 6.92 Å². The van der Waals surface area contributed by atoms with E-state index in [-0.39, 0.29) is 11.1 Å². The third-order valence-corrected chi connectivity index (χ3v) is 6.72. The second-order valence-corrected chi connectivity index (χ2v) is 7.88. The van der Waals surface area contributed by atoms with E-state index in [9.17, 15) is 8.42 Å². The molecule has 1 N–H and O–H groups in total. The molecule has 2 saturated heterocycles. The normalized spacial score (nSPS) is 30.0.